The van der Waals surface area contributed by atoms with Crippen molar-refractivity contribution in [3.8, 4) is 0 Å². The number of fused-ring (bicyclic) bond motifs is 1. The van der Waals surface area contributed by atoms with Crippen LogP contribution in [0.4, 0.5) is 4.39 Å². The summed E-state index contributed by atoms with van der Waals surface area (Å²) in [6.07, 6.45) is 0. The van der Waals surface area contributed by atoms with E-state index >= 15 is 0 Å². The Morgan fingerprint density at radius 2 is 2.25 bits per heavy atom. The molecule has 2 rings (SSSR count). The fourth-order valence-electron chi connectivity index (χ4n) is 1.34. The smallest absolute Gasteiger partial charge is 0.420 e. The molecule has 1 heterocycles. The SMILES string of the molecule is O=C(O)Cn1c(=O)oc2cc(F)c(Br)cc21. The third-order valence-corrected chi connectivity index (χ3v) is 2.61. The Bertz CT molecular complexity index is 630. The summed E-state index contributed by atoms with van der Waals surface area (Å²) in [5, 5.41) is 8.61. The first-order valence-corrected chi connectivity index (χ1v) is 4.98. The molecule has 0 spiro atoms. The highest BCUT2D eigenvalue weighted by Crippen LogP contribution is 2.22. The minimum Gasteiger partial charge on any atom is -0.480 e. The summed E-state index contributed by atoms with van der Waals surface area (Å²) in [4.78, 5) is 21.8. The molecule has 1 aromatic carbocycles. The molecule has 1 N–H and O–H groups in total. The molecule has 7 heteroatoms. The zero-order valence-corrected chi connectivity index (χ0v) is 9.32. The van der Waals surface area contributed by atoms with Gasteiger partial charge in [-0.2, -0.15) is 0 Å². The number of hydrogen-bond donors (Lipinski definition) is 1. The van der Waals surface area contributed by atoms with Gasteiger partial charge in [0.1, 0.15) is 12.4 Å². The van der Waals surface area contributed by atoms with E-state index in [2.05, 4.69) is 15.9 Å². The molecule has 0 saturated carbocycles. The van der Waals surface area contributed by atoms with Crippen molar-refractivity contribution in [1.29, 1.82) is 0 Å². The van der Waals surface area contributed by atoms with Crippen LogP contribution in [0.2, 0.25) is 0 Å². The van der Waals surface area contributed by atoms with Crippen LogP contribution < -0.4 is 5.76 Å². The van der Waals surface area contributed by atoms with Crippen LogP contribution in [0.1, 0.15) is 0 Å². The molecule has 0 aliphatic heterocycles. The highest BCUT2D eigenvalue weighted by molar-refractivity contribution is 9.10. The lowest BCUT2D eigenvalue weighted by Crippen LogP contribution is -2.19. The zero-order chi connectivity index (χ0) is 11.9. The maximum Gasteiger partial charge on any atom is 0.420 e. The highest BCUT2D eigenvalue weighted by Gasteiger charge is 2.14. The summed E-state index contributed by atoms with van der Waals surface area (Å²) in [7, 11) is 0. The lowest BCUT2D eigenvalue weighted by atomic mass is 10.3. The third kappa shape index (κ3) is 1.73. The second-order valence-corrected chi connectivity index (χ2v) is 3.94. The molecule has 0 unspecified atom stereocenters. The maximum atomic E-state index is 13.1. The van der Waals surface area contributed by atoms with Gasteiger partial charge in [0, 0.05) is 6.07 Å². The molecule has 5 nitrogen and oxygen atoms in total. The lowest BCUT2D eigenvalue weighted by molar-refractivity contribution is -0.137. The van der Waals surface area contributed by atoms with Gasteiger partial charge in [-0.25, -0.2) is 9.18 Å². The van der Waals surface area contributed by atoms with Crippen molar-refractivity contribution >= 4 is 33.0 Å². The van der Waals surface area contributed by atoms with Crippen LogP contribution in [0.15, 0.2) is 25.8 Å². The van der Waals surface area contributed by atoms with Gasteiger partial charge in [-0.3, -0.25) is 9.36 Å². The van der Waals surface area contributed by atoms with E-state index in [4.69, 9.17) is 9.52 Å². The third-order valence-electron chi connectivity index (χ3n) is 2.00. The van der Waals surface area contributed by atoms with Crippen LogP contribution in [0.25, 0.3) is 11.1 Å². The van der Waals surface area contributed by atoms with Crippen molar-refractivity contribution in [3.63, 3.8) is 0 Å². The number of aliphatic carboxylic acids is 1. The number of oxazole rings is 1. The quantitative estimate of drug-likeness (QED) is 0.911. The topological polar surface area (TPSA) is 72.4 Å². The molecule has 16 heavy (non-hydrogen) atoms. The summed E-state index contributed by atoms with van der Waals surface area (Å²) in [6.45, 7) is -0.524. The van der Waals surface area contributed by atoms with Gasteiger partial charge in [0.05, 0.1) is 9.99 Å². The molecule has 0 aliphatic rings. The number of hydrogen-bond acceptors (Lipinski definition) is 3. The van der Waals surface area contributed by atoms with Gasteiger partial charge in [0.25, 0.3) is 0 Å². The molecule has 84 valence electrons. The van der Waals surface area contributed by atoms with Crippen LogP contribution in [0, 0.1) is 5.82 Å². The molecule has 0 bridgehead atoms. The Kier molecular flexibility index (Phi) is 2.55. The van der Waals surface area contributed by atoms with Gasteiger partial charge in [-0.15, -0.1) is 0 Å². The molecule has 0 saturated heterocycles. The predicted octanol–water partition coefficient (Wildman–Crippen LogP) is 1.58. The number of carboxylic acid groups (broad SMARTS) is 1. The van der Waals surface area contributed by atoms with E-state index in [0.717, 1.165) is 10.6 Å². The number of carbonyl (C=O) groups is 1. The summed E-state index contributed by atoms with van der Waals surface area (Å²) in [5.41, 5.74) is 0.257. The van der Waals surface area contributed by atoms with E-state index in [-0.39, 0.29) is 15.6 Å². The normalized spacial score (nSPS) is 10.9. The second-order valence-electron chi connectivity index (χ2n) is 3.08. The highest BCUT2D eigenvalue weighted by atomic mass is 79.9. The number of carboxylic acids is 1. The maximum absolute atomic E-state index is 13.1. The van der Waals surface area contributed by atoms with Gasteiger partial charge in [0.15, 0.2) is 5.58 Å². The lowest BCUT2D eigenvalue weighted by Gasteiger charge is -1.98. The Morgan fingerprint density at radius 3 is 2.88 bits per heavy atom. The van der Waals surface area contributed by atoms with E-state index in [0.29, 0.717) is 0 Å². The van der Waals surface area contributed by atoms with Crippen LogP contribution in [0.3, 0.4) is 0 Å². The van der Waals surface area contributed by atoms with Gasteiger partial charge >= 0.3 is 11.7 Å². The molecule has 0 radical (unpaired) electrons. The van der Waals surface area contributed by atoms with E-state index in [1.54, 1.807) is 0 Å². The first kappa shape index (κ1) is 10.9. The number of rotatable bonds is 2. The molecule has 0 amide bonds. The van der Waals surface area contributed by atoms with E-state index in [9.17, 15) is 14.0 Å². The fourth-order valence-corrected chi connectivity index (χ4v) is 1.67. The van der Waals surface area contributed by atoms with Gasteiger partial charge < -0.3 is 9.52 Å². The summed E-state index contributed by atoms with van der Waals surface area (Å²) in [5.74, 6) is -2.58. The molecule has 0 fully saturated rings. The van der Waals surface area contributed by atoms with E-state index in [1.807, 2.05) is 0 Å². The molecule has 2 aromatic rings. The number of aromatic nitrogens is 1. The molecule has 0 aliphatic carbocycles. The van der Waals surface area contributed by atoms with E-state index < -0.39 is 24.1 Å². The summed E-state index contributed by atoms with van der Waals surface area (Å²) >= 11 is 2.95. The summed E-state index contributed by atoms with van der Waals surface area (Å²) in [6, 6.07) is 2.33. The van der Waals surface area contributed by atoms with Crippen molar-refractivity contribution < 1.29 is 18.7 Å². The zero-order valence-electron chi connectivity index (χ0n) is 7.74. The van der Waals surface area contributed by atoms with E-state index in [1.165, 1.54) is 6.07 Å². The predicted molar refractivity (Wildman–Crippen MR) is 55.8 cm³/mol. The van der Waals surface area contributed by atoms with Crippen molar-refractivity contribution in [2.75, 3.05) is 0 Å². The number of benzene rings is 1. The van der Waals surface area contributed by atoms with Crippen molar-refractivity contribution in [2.45, 2.75) is 6.54 Å². The fraction of sp³-hybridized carbons (Fsp3) is 0.111. The van der Waals surface area contributed by atoms with Crippen molar-refractivity contribution in [1.82, 2.24) is 4.57 Å². The monoisotopic (exact) mass is 289 g/mol. The summed E-state index contributed by atoms with van der Waals surface area (Å²) < 4.78 is 18.9. The molecule has 0 atom stereocenters. The average Bonchev–Trinajstić information content (AvgIpc) is 2.45. The van der Waals surface area contributed by atoms with Crippen LogP contribution in [-0.2, 0) is 11.3 Å². The Balaban J connectivity index is 2.74. The Hall–Kier alpha value is -1.63. The molecule has 1 aromatic heterocycles. The largest absolute Gasteiger partial charge is 0.480 e. The molecular weight excluding hydrogens is 285 g/mol. The minimum absolute atomic E-state index is 0.0203. The Labute approximate surface area is 96.2 Å². The van der Waals surface area contributed by atoms with Crippen molar-refractivity contribution in [2.24, 2.45) is 0 Å². The second kappa shape index (κ2) is 3.75. The Morgan fingerprint density at radius 1 is 1.56 bits per heavy atom. The van der Waals surface area contributed by atoms with Crippen molar-refractivity contribution in [3.05, 3.63) is 33.0 Å². The van der Waals surface area contributed by atoms with Crippen LogP contribution >= 0.6 is 15.9 Å². The van der Waals surface area contributed by atoms with Crippen LogP contribution in [-0.4, -0.2) is 15.6 Å². The first-order chi connectivity index (χ1) is 7.49. The standard InChI is InChI=1S/C9H5BrFNO4/c10-4-1-6-7(2-5(4)11)16-9(15)12(6)3-8(13)14/h1-2H,3H2,(H,13,14). The van der Waals surface area contributed by atoms with Gasteiger partial charge in [-0.05, 0) is 22.0 Å². The molecular formula is C9H5BrFNO4. The first-order valence-electron chi connectivity index (χ1n) is 4.19. The number of nitrogens with zero attached hydrogens (tertiary/aromatic N) is 1. The van der Waals surface area contributed by atoms with Gasteiger partial charge in [0.2, 0.25) is 0 Å². The average molecular weight is 290 g/mol. The minimum atomic E-state index is -1.18. The van der Waals surface area contributed by atoms with Gasteiger partial charge in [-0.1, -0.05) is 0 Å². The number of halogens is 2. The van der Waals surface area contributed by atoms with Crippen LogP contribution in [0.5, 0.6) is 0 Å².